The van der Waals surface area contributed by atoms with Gasteiger partial charge in [0.25, 0.3) is 5.91 Å². The zero-order valence-electron chi connectivity index (χ0n) is 22.6. The minimum absolute atomic E-state index is 0.132. The number of hydrogen-bond donors (Lipinski definition) is 0. The van der Waals surface area contributed by atoms with Crippen LogP contribution < -0.4 is 14.9 Å². The van der Waals surface area contributed by atoms with E-state index < -0.39 is 6.04 Å². The lowest BCUT2D eigenvalue weighted by Crippen LogP contribution is -2.37. The van der Waals surface area contributed by atoms with Crippen molar-refractivity contribution in [2.75, 3.05) is 39.4 Å². The van der Waals surface area contributed by atoms with Crippen molar-refractivity contribution in [3.05, 3.63) is 69.1 Å². The zero-order chi connectivity index (χ0) is 26.5. The molecule has 198 valence electrons. The second-order valence-electron chi connectivity index (χ2n) is 9.44. The average Bonchev–Trinajstić information content (AvgIpc) is 3.18. The van der Waals surface area contributed by atoms with Crippen LogP contribution in [0.2, 0.25) is 0 Å². The SMILES string of the molecule is CCCCOc1ccc(C2c3c(oc4ccc(C)cc4c3=O)C(=O)N2CCN(CC)CC)cc1OCC. The number of unbranched alkanes of at least 4 members (excludes halogenated alkanes) is 1. The van der Waals surface area contributed by atoms with Crippen LogP contribution in [-0.4, -0.2) is 55.1 Å². The van der Waals surface area contributed by atoms with Gasteiger partial charge >= 0.3 is 0 Å². The van der Waals surface area contributed by atoms with Crippen LogP contribution in [0.15, 0.2) is 45.6 Å². The van der Waals surface area contributed by atoms with E-state index in [-0.39, 0.29) is 17.1 Å². The predicted octanol–water partition coefficient (Wildman–Crippen LogP) is 5.57. The molecule has 0 aliphatic carbocycles. The van der Waals surface area contributed by atoms with E-state index in [0.29, 0.717) is 54.3 Å². The number of carbonyl (C=O) groups excluding carboxylic acids is 1. The fourth-order valence-electron chi connectivity index (χ4n) is 4.91. The molecule has 7 nitrogen and oxygen atoms in total. The van der Waals surface area contributed by atoms with E-state index in [9.17, 15) is 9.59 Å². The summed E-state index contributed by atoms with van der Waals surface area (Å²) < 4.78 is 18.0. The molecule has 1 unspecified atom stereocenters. The lowest BCUT2D eigenvalue weighted by molar-refractivity contribution is 0.0708. The summed E-state index contributed by atoms with van der Waals surface area (Å²) in [5.74, 6) is 1.15. The summed E-state index contributed by atoms with van der Waals surface area (Å²) in [5.41, 5.74) is 2.43. The molecule has 37 heavy (non-hydrogen) atoms. The van der Waals surface area contributed by atoms with Gasteiger partial charge in [-0.1, -0.05) is 44.9 Å². The molecule has 4 rings (SSSR count). The quantitative estimate of drug-likeness (QED) is 0.299. The lowest BCUT2D eigenvalue weighted by Gasteiger charge is -2.28. The van der Waals surface area contributed by atoms with Gasteiger partial charge in [-0.15, -0.1) is 0 Å². The van der Waals surface area contributed by atoms with Crippen LogP contribution in [0.5, 0.6) is 11.5 Å². The number of aryl methyl sites for hydroxylation is 1. The summed E-state index contributed by atoms with van der Waals surface area (Å²) >= 11 is 0. The summed E-state index contributed by atoms with van der Waals surface area (Å²) in [6.07, 6.45) is 1.98. The van der Waals surface area contributed by atoms with Crippen LogP contribution in [-0.2, 0) is 0 Å². The largest absolute Gasteiger partial charge is 0.490 e. The molecule has 0 radical (unpaired) electrons. The van der Waals surface area contributed by atoms with E-state index in [2.05, 4.69) is 25.7 Å². The van der Waals surface area contributed by atoms with Gasteiger partial charge in [0.2, 0.25) is 5.76 Å². The van der Waals surface area contributed by atoms with Crippen molar-refractivity contribution < 1.29 is 18.7 Å². The third kappa shape index (κ3) is 5.37. The van der Waals surface area contributed by atoms with Crippen LogP contribution >= 0.6 is 0 Å². The molecule has 1 aromatic heterocycles. The second-order valence-corrected chi connectivity index (χ2v) is 9.44. The number of benzene rings is 2. The van der Waals surface area contributed by atoms with Gasteiger partial charge in [-0.3, -0.25) is 9.59 Å². The van der Waals surface area contributed by atoms with Gasteiger partial charge in [0.05, 0.1) is 30.2 Å². The maximum absolute atomic E-state index is 13.8. The summed E-state index contributed by atoms with van der Waals surface area (Å²) in [4.78, 5) is 31.6. The number of rotatable bonds is 12. The molecule has 0 saturated heterocycles. The van der Waals surface area contributed by atoms with Gasteiger partial charge in [0, 0.05) is 13.1 Å². The van der Waals surface area contributed by atoms with Gasteiger partial charge in [-0.05, 0) is 63.2 Å². The highest BCUT2D eigenvalue weighted by Crippen LogP contribution is 2.41. The maximum Gasteiger partial charge on any atom is 0.290 e. The van der Waals surface area contributed by atoms with Crippen LogP contribution in [0.25, 0.3) is 11.0 Å². The molecule has 1 atom stereocenters. The topological polar surface area (TPSA) is 72.2 Å². The number of ether oxygens (including phenoxy) is 2. The van der Waals surface area contributed by atoms with Crippen molar-refractivity contribution in [1.82, 2.24) is 9.80 Å². The van der Waals surface area contributed by atoms with Crippen molar-refractivity contribution in [3.63, 3.8) is 0 Å². The number of likely N-dealkylation sites (N-methyl/N-ethyl adjacent to an activating group) is 1. The molecule has 1 aliphatic rings. The standard InChI is InChI=1S/C30H38N2O5/c1-6-10-17-36-24-14-12-21(19-25(24)35-9-4)27-26-28(33)22-18-20(5)11-13-23(22)37-29(26)30(34)32(27)16-15-31(7-2)8-3/h11-14,18-19,27H,6-10,15-17H2,1-5H3. The molecule has 3 aromatic rings. The molecule has 0 fully saturated rings. The van der Waals surface area contributed by atoms with Crippen LogP contribution in [0.4, 0.5) is 0 Å². The molecular formula is C30H38N2O5. The predicted molar refractivity (Wildman–Crippen MR) is 146 cm³/mol. The molecular weight excluding hydrogens is 468 g/mol. The van der Waals surface area contributed by atoms with Crippen molar-refractivity contribution in [2.45, 2.75) is 53.5 Å². The fourth-order valence-corrected chi connectivity index (χ4v) is 4.91. The minimum Gasteiger partial charge on any atom is -0.490 e. The maximum atomic E-state index is 13.8. The van der Waals surface area contributed by atoms with Crippen molar-refractivity contribution in [3.8, 4) is 11.5 Å². The summed E-state index contributed by atoms with van der Waals surface area (Å²) in [6, 6.07) is 10.6. The summed E-state index contributed by atoms with van der Waals surface area (Å²) in [7, 11) is 0. The van der Waals surface area contributed by atoms with Crippen LogP contribution in [0.1, 0.15) is 73.8 Å². The molecule has 1 amide bonds. The molecule has 1 aliphatic heterocycles. The van der Waals surface area contributed by atoms with Gasteiger partial charge in [-0.25, -0.2) is 0 Å². The normalized spacial score (nSPS) is 15.0. The number of amides is 1. The third-order valence-corrected chi connectivity index (χ3v) is 7.01. The van der Waals surface area contributed by atoms with Crippen molar-refractivity contribution >= 4 is 16.9 Å². The lowest BCUT2D eigenvalue weighted by atomic mass is 9.97. The summed E-state index contributed by atoms with van der Waals surface area (Å²) in [5, 5.41) is 0.492. The Morgan fingerprint density at radius 3 is 2.46 bits per heavy atom. The smallest absolute Gasteiger partial charge is 0.290 e. The molecule has 0 spiro atoms. The highest BCUT2D eigenvalue weighted by molar-refractivity contribution is 5.99. The van der Waals surface area contributed by atoms with E-state index in [1.54, 1.807) is 11.0 Å². The van der Waals surface area contributed by atoms with Crippen molar-refractivity contribution in [2.24, 2.45) is 0 Å². The first-order valence-corrected chi connectivity index (χ1v) is 13.4. The van der Waals surface area contributed by atoms with E-state index in [1.165, 1.54) is 0 Å². The number of fused-ring (bicyclic) bond motifs is 2. The molecule has 0 N–H and O–H groups in total. The van der Waals surface area contributed by atoms with E-state index in [0.717, 1.165) is 37.1 Å². The monoisotopic (exact) mass is 506 g/mol. The molecule has 2 aromatic carbocycles. The second kappa shape index (κ2) is 11.8. The molecule has 0 saturated carbocycles. The van der Waals surface area contributed by atoms with Gasteiger partial charge in [0.1, 0.15) is 5.58 Å². The first-order valence-electron chi connectivity index (χ1n) is 13.4. The Labute approximate surface area is 219 Å². The van der Waals surface area contributed by atoms with Crippen LogP contribution in [0, 0.1) is 6.92 Å². The number of carbonyl (C=O) groups is 1. The fraction of sp³-hybridized carbons (Fsp3) is 0.467. The Morgan fingerprint density at radius 2 is 1.76 bits per heavy atom. The van der Waals surface area contributed by atoms with E-state index in [4.69, 9.17) is 13.9 Å². The highest BCUT2D eigenvalue weighted by Gasteiger charge is 2.43. The Morgan fingerprint density at radius 1 is 0.973 bits per heavy atom. The average molecular weight is 507 g/mol. The molecule has 7 heteroatoms. The van der Waals surface area contributed by atoms with Crippen LogP contribution in [0.3, 0.4) is 0 Å². The molecule has 2 heterocycles. The Hall–Kier alpha value is -3.32. The number of nitrogens with zero attached hydrogens (tertiary/aromatic N) is 2. The Bertz CT molecular complexity index is 1310. The first kappa shape index (κ1) is 26.7. The first-order chi connectivity index (χ1) is 17.9. The van der Waals surface area contributed by atoms with Gasteiger partial charge < -0.3 is 23.7 Å². The highest BCUT2D eigenvalue weighted by atomic mass is 16.5. The summed E-state index contributed by atoms with van der Waals surface area (Å²) in [6.45, 7) is 14.2. The van der Waals surface area contributed by atoms with Gasteiger partial charge in [-0.2, -0.15) is 0 Å². The van der Waals surface area contributed by atoms with E-state index in [1.807, 2.05) is 44.2 Å². The zero-order valence-corrected chi connectivity index (χ0v) is 22.6. The number of hydrogen-bond acceptors (Lipinski definition) is 6. The molecule has 0 bridgehead atoms. The minimum atomic E-state index is -0.567. The van der Waals surface area contributed by atoms with E-state index >= 15 is 0 Å². The van der Waals surface area contributed by atoms with Gasteiger partial charge in [0.15, 0.2) is 16.9 Å². The third-order valence-electron chi connectivity index (χ3n) is 7.01. The Balaban J connectivity index is 1.84. The van der Waals surface area contributed by atoms with Crippen molar-refractivity contribution in [1.29, 1.82) is 0 Å². The Kier molecular flexibility index (Phi) is 8.54.